The molecule has 1 aromatic carbocycles. The Bertz CT molecular complexity index is 976. The summed E-state index contributed by atoms with van der Waals surface area (Å²) in [4.78, 5) is 41.0. The summed E-state index contributed by atoms with van der Waals surface area (Å²) in [5, 5.41) is 0.832. The number of rotatable bonds is 7. The Kier molecular flexibility index (Phi) is 10.6. The highest BCUT2D eigenvalue weighted by Gasteiger charge is 2.25. The van der Waals surface area contributed by atoms with Gasteiger partial charge in [0.1, 0.15) is 17.9 Å². The molecule has 1 aromatic heterocycles. The van der Waals surface area contributed by atoms with Crippen LogP contribution in [0.15, 0.2) is 29.4 Å². The first-order chi connectivity index (χ1) is 16.0. The van der Waals surface area contributed by atoms with Gasteiger partial charge in [0.05, 0.1) is 11.0 Å². The summed E-state index contributed by atoms with van der Waals surface area (Å²) in [5.74, 6) is 1.50. The number of amides is 1. The van der Waals surface area contributed by atoms with Crippen molar-refractivity contribution in [2.24, 2.45) is 5.92 Å². The number of imidazole rings is 1. The van der Waals surface area contributed by atoms with Crippen LogP contribution in [-0.4, -0.2) is 56.6 Å². The Hall–Kier alpha value is -2.35. The molecule has 0 spiro atoms. The second kappa shape index (κ2) is 12.9. The number of piperidine rings is 1. The predicted molar refractivity (Wildman–Crippen MR) is 137 cm³/mol. The van der Waals surface area contributed by atoms with Crippen LogP contribution in [-0.2, 0) is 25.7 Å². The minimum Gasteiger partial charge on any atom is -0.459 e. The molecule has 188 valence electrons. The maximum atomic E-state index is 12.5. The molecular weight excluding hydrogens is 450 g/mol. The molecule has 0 saturated carbocycles. The molecule has 3 rings (SSSR count). The zero-order valence-electron chi connectivity index (χ0n) is 21.4. The van der Waals surface area contributed by atoms with E-state index >= 15 is 0 Å². The van der Waals surface area contributed by atoms with E-state index in [1.165, 1.54) is 13.8 Å². The molecule has 2 aromatic rings. The number of thioether (sulfide) groups is 1. The van der Waals surface area contributed by atoms with Gasteiger partial charge in [-0.3, -0.25) is 9.59 Å². The van der Waals surface area contributed by atoms with E-state index < -0.39 is 5.60 Å². The van der Waals surface area contributed by atoms with Crippen LogP contribution in [0.4, 0.5) is 0 Å². The molecule has 8 heteroatoms. The average molecular weight is 490 g/mol. The number of likely N-dealkylation sites (tertiary alicyclic amines) is 1. The summed E-state index contributed by atoms with van der Waals surface area (Å²) in [5.41, 5.74) is 1.30. The highest BCUT2D eigenvalue weighted by atomic mass is 32.2. The predicted octanol–water partition coefficient (Wildman–Crippen LogP) is 5.10. The summed E-state index contributed by atoms with van der Waals surface area (Å²) >= 11 is 1.67. The number of carbonyl (C=O) groups excluding carboxylic acids is 3. The number of benzene rings is 1. The first kappa shape index (κ1) is 27.9. The fraction of sp³-hybridized carbons (Fsp3) is 0.615. The Labute approximate surface area is 207 Å². The number of para-hydroxylation sites is 2. The van der Waals surface area contributed by atoms with Crippen molar-refractivity contribution in [3.05, 3.63) is 24.3 Å². The highest BCUT2D eigenvalue weighted by Crippen LogP contribution is 2.29. The number of Topliss-reactive ketones (excluding diaryl/α,β-unsaturated/α-hetero) is 1. The van der Waals surface area contributed by atoms with Gasteiger partial charge in [0.15, 0.2) is 5.16 Å². The molecule has 1 saturated heterocycles. The van der Waals surface area contributed by atoms with E-state index in [2.05, 4.69) is 0 Å². The van der Waals surface area contributed by atoms with Gasteiger partial charge < -0.3 is 19.0 Å². The molecule has 2 heterocycles. The van der Waals surface area contributed by atoms with Crippen molar-refractivity contribution in [2.45, 2.75) is 84.5 Å². The van der Waals surface area contributed by atoms with E-state index in [1.807, 2.05) is 61.4 Å². The molecule has 1 amide bonds. The minimum absolute atomic E-state index is 0.145. The standard InChI is InChI=1S/C23H33N3O3S.C3H6O/c1-5-9-20(27)25-13-8-10-17(14-25)16-30-22-24-18-11-6-7-12-19(18)26(22)15-21(28)29-23(2,3)4;1-3(2)4/h6-7,11-12,17H,5,8-10,13-16H2,1-4H3;1-2H3. The van der Waals surface area contributed by atoms with Crippen LogP contribution in [0.25, 0.3) is 11.0 Å². The molecule has 0 bridgehead atoms. The van der Waals surface area contributed by atoms with E-state index in [-0.39, 0.29) is 24.2 Å². The third-order valence-corrected chi connectivity index (χ3v) is 6.32. The maximum absolute atomic E-state index is 12.5. The van der Waals surface area contributed by atoms with Gasteiger partial charge in [-0.1, -0.05) is 30.8 Å². The Morgan fingerprint density at radius 2 is 1.85 bits per heavy atom. The van der Waals surface area contributed by atoms with Crippen molar-refractivity contribution in [3.8, 4) is 0 Å². The first-order valence-corrected chi connectivity index (χ1v) is 13.0. The summed E-state index contributed by atoms with van der Waals surface area (Å²) in [6, 6.07) is 7.88. The van der Waals surface area contributed by atoms with Gasteiger partial charge in [0, 0.05) is 25.3 Å². The number of ether oxygens (including phenoxy) is 1. The SMILES string of the molecule is CC(C)=O.CCCC(=O)N1CCCC(CSc2nc3ccccc3n2CC(=O)OC(C)(C)C)C1. The van der Waals surface area contributed by atoms with Gasteiger partial charge in [-0.05, 0) is 71.9 Å². The topological polar surface area (TPSA) is 81.5 Å². The number of nitrogens with zero attached hydrogens (tertiary/aromatic N) is 3. The number of aromatic nitrogens is 2. The molecule has 1 fully saturated rings. The van der Waals surface area contributed by atoms with E-state index in [1.54, 1.807) is 11.8 Å². The van der Waals surface area contributed by atoms with Crippen molar-refractivity contribution in [1.29, 1.82) is 0 Å². The van der Waals surface area contributed by atoms with Crippen molar-refractivity contribution in [3.63, 3.8) is 0 Å². The molecule has 1 aliphatic heterocycles. The zero-order valence-corrected chi connectivity index (χ0v) is 22.2. The van der Waals surface area contributed by atoms with Crippen LogP contribution < -0.4 is 0 Å². The van der Waals surface area contributed by atoms with E-state index in [9.17, 15) is 14.4 Å². The Balaban J connectivity index is 0.000000945. The van der Waals surface area contributed by atoms with Crippen molar-refractivity contribution >= 4 is 40.5 Å². The van der Waals surface area contributed by atoms with Crippen molar-refractivity contribution in [1.82, 2.24) is 14.5 Å². The minimum atomic E-state index is -0.517. The van der Waals surface area contributed by atoms with Crippen LogP contribution in [0.5, 0.6) is 0 Å². The Morgan fingerprint density at radius 1 is 1.18 bits per heavy atom. The van der Waals surface area contributed by atoms with Crippen LogP contribution in [0, 0.1) is 5.92 Å². The maximum Gasteiger partial charge on any atom is 0.326 e. The molecule has 7 nitrogen and oxygen atoms in total. The highest BCUT2D eigenvalue weighted by molar-refractivity contribution is 7.99. The van der Waals surface area contributed by atoms with Gasteiger partial charge >= 0.3 is 5.97 Å². The second-order valence-corrected chi connectivity index (χ2v) is 10.9. The number of hydrogen-bond acceptors (Lipinski definition) is 6. The van der Waals surface area contributed by atoms with E-state index in [0.29, 0.717) is 12.3 Å². The number of carbonyl (C=O) groups is 3. The second-order valence-electron chi connectivity index (χ2n) is 9.87. The molecule has 0 aliphatic carbocycles. The normalized spacial score (nSPS) is 16.1. The van der Waals surface area contributed by atoms with Gasteiger partial charge in [-0.2, -0.15) is 0 Å². The van der Waals surface area contributed by atoms with Gasteiger partial charge in [0.2, 0.25) is 5.91 Å². The average Bonchev–Trinajstić information content (AvgIpc) is 3.08. The lowest BCUT2D eigenvalue weighted by molar-refractivity contribution is -0.155. The van der Waals surface area contributed by atoms with E-state index in [0.717, 1.165) is 54.3 Å². The lowest BCUT2D eigenvalue weighted by Gasteiger charge is -2.32. The molecule has 1 atom stereocenters. The molecular formula is C26H39N3O4S. The number of ketones is 1. The number of hydrogen-bond donors (Lipinski definition) is 0. The van der Waals surface area contributed by atoms with Crippen LogP contribution in [0.1, 0.15) is 67.2 Å². The number of fused-ring (bicyclic) bond motifs is 1. The van der Waals surface area contributed by atoms with Gasteiger partial charge in [-0.25, -0.2) is 4.98 Å². The lowest BCUT2D eigenvalue weighted by atomic mass is 10.00. The van der Waals surface area contributed by atoms with Crippen LogP contribution in [0.2, 0.25) is 0 Å². The summed E-state index contributed by atoms with van der Waals surface area (Å²) in [6.45, 7) is 12.6. The monoisotopic (exact) mass is 489 g/mol. The smallest absolute Gasteiger partial charge is 0.326 e. The number of esters is 1. The fourth-order valence-electron chi connectivity index (χ4n) is 3.81. The molecule has 0 radical (unpaired) electrons. The van der Waals surface area contributed by atoms with Crippen LogP contribution >= 0.6 is 11.8 Å². The molecule has 34 heavy (non-hydrogen) atoms. The molecule has 1 unspecified atom stereocenters. The van der Waals surface area contributed by atoms with Gasteiger partial charge in [-0.15, -0.1) is 0 Å². The molecule has 1 aliphatic rings. The largest absolute Gasteiger partial charge is 0.459 e. The summed E-state index contributed by atoms with van der Waals surface area (Å²) in [6.07, 6.45) is 3.69. The van der Waals surface area contributed by atoms with E-state index in [4.69, 9.17) is 9.72 Å². The summed E-state index contributed by atoms with van der Waals surface area (Å²) < 4.78 is 7.49. The molecule has 0 N–H and O–H groups in total. The third-order valence-electron chi connectivity index (χ3n) is 5.11. The quantitative estimate of drug-likeness (QED) is 0.397. The van der Waals surface area contributed by atoms with Crippen molar-refractivity contribution < 1.29 is 19.1 Å². The Morgan fingerprint density at radius 3 is 2.50 bits per heavy atom. The van der Waals surface area contributed by atoms with Crippen LogP contribution in [0.3, 0.4) is 0 Å². The first-order valence-electron chi connectivity index (χ1n) is 12.0. The van der Waals surface area contributed by atoms with Gasteiger partial charge in [0.25, 0.3) is 0 Å². The third kappa shape index (κ3) is 9.12. The van der Waals surface area contributed by atoms with Crippen molar-refractivity contribution in [2.75, 3.05) is 18.8 Å². The fourth-order valence-corrected chi connectivity index (χ4v) is 4.95. The lowest BCUT2D eigenvalue weighted by Crippen LogP contribution is -2.40. The zero-order chi connectivity index (χ0) is 25.3. The summed E-state index contributed by atoms with van der Waals surface area (Å²) in [7, 11) is 0.